The van der Waals surface area contributed by atoms with Crippen molar-refractivity contribution in [2.75, 3.05) is 4.90 Å². The summed E-state index contributed by atoms with van der Waals surface area (Å²) in [6.45, 7) is 0. The molecule has 12 rings (SSSR count). The fourth-order valence-corrected chi connectivity index (χ4v) is 10.5. The average Bonchev–Trinajstić information content (AvgIpc) is 3.96. The number of anilines is 3. The number of benzene rings is 8. The van der Waals surface area contributed by atoms with Crippen LogP contribution in [0, 0.1) is 0 Å². The van der Waals surface area contributed by atoms with Gasteiger partial charge in [-0.05, 0) is 93.5 Å². The van der Waals surface area contributed by atoms with Crippen LogP contribution in [0.3, 0.4) is 0 Å². The smallest absolute Gasteiger partial charge is 0.140 e. The zero-order chi connectivity index (χ0) is 35.4. The molecule has 10 aromatic rings. The van der Waals surface area contributed by atoms with Crippen molar-refractivity contribution in [3.05, 3.63) is 210 Å². The average molecular weight is 706 g/mol. The molecule has 0 aliphatic heterocycles. The fraction of sp³-hybridized carbons (Fsp3) is 0.0196. The van der Waals surface area contributed by atoms with Gasteiger partial charge in [0.1, 0.15) is 11.3 Å². The highest BCUT2D eigenvalue weighted by molar-refractivity contribution is 7.25. The first-order chi connectivity index (χ1) is 26.8. The maximum Gasteiger partial charge on any atom is 0.140 e. The maximum absolute atomic E-state index is 6.78. The van der Waals surface area contributed by atoms with E-state index in [-0.39, 0.29) is 0 Å². The topological polar surface area (TPSA) is 16.4 Å². The number of nitrogens with zero attached hydrogens (tertiary/aromatic N) is 1. The highest BCUT2D eigenvalue weighted by Gasteiger charge is 2.54. The van der Waals surface area contributed by atoms with E-state index in [1.165, 1.54) is 75.6 Å². The molecule has 252 valence electrons. The summed E-state index contributed by atoms with van der Waals surface area (Å²) in [6, 6.07) is 68.9. The van der Waals surface area contributed by atoms with Crippen molar-refractivity contribution in [1.29, 1.82) is 0 Å². The number of furan rings is 1. The van der Waals surface area contributed by atoms with Crippen molar-refractivity contribution in [3.63, 3.8) is 0 Å². The predicted octanol–water partition coefficient (Wildman–Crippen LogP) is 14.3. The number of hydrogen-bond donors (Lipinski definition) is 0. The second kappa shape index (κ2) is 11.2. The maximum atomic E-state index is 6.78. The lowest BCUT2D eigenvalue weighted by molar-refractivity contribution is 0.628. The Hall–Kier alpha value is -6.68. The van der Waals surface area contributed by atoms with Gasteiger partial charge in [-0.1, -0.05) is 133 Å². The summed E-state index contributed by atoms with van der Waals surface area (Å²) in [6.07, 6.45) is 0. The summed E-state index contributed by atoms with van der Waals surface area (Å²) < 4.78 is 9.38. The van der Waals surface area contributed by atoms with Crippen LogP contribution in [0.2, 0.25) is 0 Å². The second-order valence-electron chi connectivity index (χ2n) is 14.4. The third kappa shape index (κ3) is 3.99. The van der Waals surface area contributed by atoms with Crippen LogP contribution in [0.25, 0.3) is 64.7 Å². The monoisotopic (exact) mass is 705 g/mol. The van der Waals surface area contributed by atoms with Crippen LogP contribution in [0.4, 0.5) is 17.1 Å². The Balaban J connectivity index is 1.13. The number of para-hydroxylation sites is 1. The van der Waals surface area contributed by atoms with Crippen molar-refractivity contribution in [1.82, 2.24) is 0 Å². The third-order valence-corrected chi connectivity index (χ3v) is 12.8. The molecule has 1 atom stereocenters. The molecule has 54 heavy (non-hydrogen) atoms. The SMILES string of the molecule is c1ccc(-c2ccc(N(c3ccc4c(c3)C3(c5ccccc5-4)c4ccccc4-c4oc5ccccc5c43)c3ccc4sc5ccccc5c4c3)cc2)cc1. The van der Waals surface area contributed by atoms with Crippen LogP contribution < -0.4 is 4.90 Å². The van der Waals surface area contributed by atoms with Gasteiger partial charge in [-0.25, -0.2) is 0 Å². The van der Waals surface area contributed by atoms with Crippen LogP contribution in [0.5, 0.6) is 0 Å². The summed E-state index contributed by atoms with van der Waals surface area (Å²) in [4.78, 5) is 2.44. The molecule has 1 spiro atoms. The van der Waals surface area contributed by atoms with Gasteiger partial charge >= 0.3 is 0 Å². The van der Waals surface area contributed by atoms with E-state index in [2.05, 4.69) is 193 Å². The largest absolute Gasteiger partial charge is 0.456 e. The molecule has 0 bridgehead atoms. The van der Waals surface area contributed by atoms with Gasteiger partial charge in [-0.3, -0.25) is 0 Å². The molecular weight excluding hydrogens is 675 g/mol. The van der Waals surface area contributed by atoms with Crippen molar-refractivity contribution in [2.24, 2.45) is 0 Å². The van der Waals surface area contributed by atoms with E-state index in [4.69, 9.17) is 4.42 Å². The summed E-state index contributed by atoms with van der Waals surface area (Å²) in [7, 11) is 0. The van der Waals surface area contributed by atoms with Crippen LogP contribution in [-0.2, 0) is 5.41 Å². The molecule has 2 heterocycles. The highest BCUT2D eigenvalue weighted by Crippen LogP contribution is 2.65. The van der Waals surface area contributed by atoms with Gasteiger partial charge in [0.05, 0.1) is 5.41 Å². The molecule has 1 unspecified atom stereocenters. The first-order valence-electron chi connectivity index (χ1n) is 18.5. The first kappa shape index (κ1) is 29.9. The van der Waals surface area contributed by atoms with Gasteiger partial charge in [0.25, 0.3) is 0 Å². The van der Waals surface area contributed by atoms with E-state index < -0.39 is 5.41 Å². The summed E-state index contributed by atoms with van der Waals surface area (Å²) in [5.74, 6) is 0.975. The van der Waals surface area contributed by atoms with Crippen LogP contribution in [-0.4, -0.2) is 0 Å². The van der Waals surface area contributed by atoms with Crippen LogP contribution >= 0.6 is 11.3 Å². The number of fused-ring (bicyclic) bond motifs is 15. The summed E-state index contributed by atoms with van der Waals surface area (Å²) in [5, 5.41) is 3.74. The number of thiophene rings is 1. The van der Waals surface area contributed by atoms with Gasteiger partial charge in [0, 0.05) is 53.7 Å². The van der Waals surface area contributed by atoms with E-state index in [9.17, 15) is 0 Å². The van der Waals surface area contributed by atoms with Crippen molar-refractivity contribution < 1.29 is 4.42 Å². The number of hydrogen-bond acceptors (Lipinski definition) is 3. The van der Waals surface area contributed by atoms with E-state index in [0.717, 1.165) is 28.4 Å². The highest BCUT2D eigenvalue weighted by atomic mass is 32.1. The normalized spacial score (nSPS) is 15.1. The molecule has 0 saturated heterocycles. The van der Waals surface area contributed by atoms with E-state index in [1.807, 2.05) is 11.3 Å². The van der Waals surface area contributed by atoms with Crippen LogP contribution in [0.1, 0.15) is 22.3 Å². The molecular formula is C51H31NOS. The van der Waals surface area contributed by atoms with Gasteiger partial charge in [0.15, 0.2) is 0 Å². The molecule has 2 aromatic heterocycles. The van der Waals surface area contributed by atoms with Crippen molar-refractivity contribution in [3.8, 4) is 33.6 Å². The van der Waals surface area contributed by atoms with E-state index in [0.29, 0.717) is 0 Å². The Labute approximate surface area is 316 Å². The Bertz CT molecular complexity index is 3120. The molecule has 2 aliphatic carbocycles. The molecule has 0 amide bonds. The Kier molecular flexibility index (Phi) is 6.17. The molecule has 0 fully saturated rings. The lowest BCUT2D eigenvalue weighted by atomic mass is 9.70. The minimum atomic E-state index is -0.531. The minimum absolute atomic E-state index is 0.531. The van der Waals surface area contributed by atoms with Crippen molar-refractivity contribution in [2.45, 2.75) is 5.41 Å². The van der Waals surface area contributed by atoms with Gasteiger partial charge < -0.3 is 9.32 Å². The molecule has 0 N–H and O–H groups in total. The Morgan fingerprint density at radius 2 is 1.00 bits per heavy atom. The molecule has 2 aliphatic rings. The van der Waals surface area contributed by atoms with E-state index >= 15 is 0 Å². The molecule has 0 radical (unpaired) electrons. The van der Waals surface area contributed by atoms with Crippen LogP contribution in [0.15, 0.2) is 192 Å². The molecule has 3 heteroatoms. The Morgan fingerprint density at radius 3 is 1.85 bits per heavy atom. The first-order valence-corrected chi connectivity index (χ1v) is 19.3. The number of rotatable bonds is 4. The molecule has 2 nitrogen and oxygen atoms in total. The zero-order valence-corrected chi connectivity index (χ0v) is 30.0. The van der Waals surface area contributed by atoms with Gasteiger partial charge in [0.2, 0.25) is 0 Å². The van der Waals surface area contributed by atoms with E-state index in [1.54, 1.807) is 0 Å². The quantitative estimate of drug-likeness (QED) is 0.181. The van der Waals surface area contributed by atoms with Gasteiger partial charge in [-0.2, -0.15) is 0 Å². The predicted molar refractivity (Wildman–Crippen MR) is 226 cm³/mol. The zero-order valence-electron chi connectivity index (χ0n) is 29.2. The molecule has 0 saturated carbocycles. The molecule has 8 aromatic carbocycles. The fourth-order valence-electron chi connectivity index (χ4n) is 9.45. The van der Waals surface area contributed by atoms with Crippen molar-refractivity contribution >= 4 is 59.5 Å². The minimum Gasteiger partial charge on any atom is -0.456 e. The summed E-state index contributed by atoms with van der Waals surface area (Å²) in [5.41, 5.74) is 15.0. The standard InChI is InChI=1S/C51H31NOS/c1-2-12-32(13-3-1)33-22-24-34(25-23-33)52(35-27-29-48-42(30-35)39-15-7-11-21-47(39)54-48)36-26-28-38-37-14-4-8-18-43(37)51(45(38)31-36)44-19-9-5-16-40(44)50-49(51)41-17-6-10-20-46(41)53-50/h1-31H. The second-order valence-corrected chi connectivity index (χ2v) is 15.5. The lowest BCUT2D eigenvalue weighted by Crippen LogP contribution is -2.26. The summed E-state index contributed by atoms with van der Waals surface area (Å²) >= 11 is 1.86. The Morgan fingerprint density at radius 1 is 0.407 bits per heavy atom. The van der Waals surface area contributed by atoms with Gasteiger partial charge in [-0.15, -0.1) is 11.3 Å². The third-order valence-electron chi connectivity index (χ3n) is 11.7. The lowest BCUT2D eigenvalue weighted by Gasteiger charge is -2.32.